The van der Waals surface area contributed by atoms with E-state index in [2.05, 4.69) is 10.3 Å². The van der Waals surface area contributed by atoms with Crippen LogP contribution in [-0.2, 0) is 9.59 Å². The van der Waals surface area contributed by atoms with Crippen LogP contribution >= 0.6 is 11.3 Å². The number of anilines is 2. The van der Waals surface area contributed by atoms with Crippen molar-refractivity contribution in [2.45, 2.75) is 13.3 Å². The summed E-state index contributed by atoms with van der Waals surface area (Å²) in [5, 5.41) is 3.85. The first-order valence-electron chi connectivity index (χ1n) is 8.29. The van der Waals surface area contributed by atoms with Crippen molar-refractivity contribution in [1.82, 2.24) is 4.98 Å². The third kappa shape index (κ3) is 3.25. The van der Waals surface area contributed by atoms with Gasteiger partial charge in [0.05, 0.1) is 33.9 Å². The van der Waals surface area contributed by atoms with Crippen LogP contribution in [0.15, 0.2) is 42.5 Å². The highest BCUT2D eigenvalue weighted by molar-refractivity contribution is 7.18. The number of aromatic nitrogens is 1. The number of ether oxygens (including phenoxy) is 1. The summed E-state index contributed by atoms with van der Waals surface area (Å²) < 4.78 is 6.62. The first-order valence-corrected chi connectivity index (χ1v) is 9.11. The largest absolute Gasteiger partial charge is 0.491 e. The predicted molar refractivity (Wildman–Crippen MR) is 102 cm³/mol. The number of amides is 2. The summed E-state index contributed by atoms with van der Waals surface area (Å²) >= 11 is 1.58. The number of hydrogen-bond acceptors (Lipinski definition) is 5. The van der Waals surface area contributed by atoms with Crippen molar-refractivity contribution in [3.05, 3.63) is 47.5 Å². The van der Waals surface area contributed by atoms with Crippen LogP contribution in [0.2, 0.25) is 0 Å². The monoisotopic (exact) mass is 367 g/mol. The van der Waals surface area contributed by atoms with Crippen LogP contribution in [0.5, 0.6) is 5.75 Å². The van der Waals surface area contributed by atoms with E-state index >= 15 is 0 Å². The number of nitrogens with zero attached hydrogens (tertiary/aromatic N) is 2. The Morgan fingerprint density at radius 1 is 1.31 bits per heavy atom. The molecule has 7 heteroatoms. The summed E-state index contributed by atoms with van der Waals surface area (Å²) in [6.45, 7) is 2.21. The van der Waals surface area contributed by atoms with E-state index in [1.54, 1.807) is 23.5 Å². The Kier molecular flexibility index (Phi) is 4.30. The maximum absolute atomic E-state index is 12.5. The molecule has 132 valence electrons. The summed E-state index contributed by atoms with van der Waals surface area (Å²) in [7, 11) is 0. The maximum atomic E-state index is 12.5. The van der Waals surface area contributed by atoms with Gasteiger partial charge < -0.3 is 10.1 Å². The molecular weight excluding hydrogens is 350 g/mol. The molecule has 0 spiro atoms. The number of rotatable bonds is 3. The molecule has 0 unspecified atom stereocenters. The Bertz CT molecular complexity index is 999. The molecule has 1 aromatic heterocycles. The molecule has 3 aromatic rings. The molecule has 6 nitrogen and oxygen atoms in total. The van der Waals surface area contributed by atoms with Crippen molar-refractivity contribution in [3.8, 4) is 5.75 Å². The van der Waals surface area contributed by atoms with E-state index in [-0.39, 0.29) is 24.8 Å². The second-order valence-electron chi connectivity index (χ2n) is 6.01. The lowest BCUT2D eigenvalue weighted by Gasteiger charge is -2.21. The van der Waals surface area contributed by atoms with Gasteiger partial charge in [-0.25, -0.2) is 4.98 Å². The SMILES string of the molecule is Cc1nc2ccc(NC(=O)CN3C(=O)CCOc4ccccc43)cc2s1. The summed E-state index contributed by atoms with van der Waals surface area (Å²) in [5.74, 6) is 0.238. The number of thiazole rings is 1. The Hall–Kier alpha value is -2.93. The number of nitrogens with one attached hydrogen (secondary N) is 1. The molecule has 4 rings (SSSR count). The van der Waals surface area contributed by atoms with E-state index in [0.29, 0.717) is 23.7 Å². The normalized spacial score (nSPS) is 13.9. The number of carbonyl (C=O) groups excluding carboxylic acids is 2. The van der Waals surface area contributed by atoms with Gasteiger partial charge in [0.1, 0.15) is 12.3 Å². The zero-order valence-corrected chi connectivity index (χ0v) is 15.0. The lowest BCUT2D eigenvalue weighted by molar-refractivity contribution is -0.121. The highest BCUT2D eigenvalue weighted by atomic mass is 32.1. The van der Waals surface area contributed by atoms with Crippen molar-refractivity contribution >= 4 is 44.7 Å². The Morgan fingerprint density at radius 3 is 3.04 bits per heavy atom. The first kappa shape index (κ1) is 16.5. The van der Waals surface area contributed by atoms with Crippen molar-refractivity contribution in [2.24, 2.45) is 0 Å². The third-order valence-electron chi connectivity index (χ3n) is 4.11. The molecule has 0 radical (unpaired) electrons. The average Bonchev–Trinajstić information content (AvgIpc) is 2.91. The van der Waals surface area contributed by atoms with Crippen LogP contribution in [0.25, 0.3) is 10.2 Å². The lowest BCUT2D eigenvalue weighted by atomic mass is 10.2. The van der Waals surface area contributed by atoms with E-state index in [9.17, 15) is 9.59 Å². The molecule has 2 amide bonds. The number of para-hydroxylation sites is 2. The van der Waals surface area contributed by atoms with Crippen LogP contribution in [0.4, 0.5) is 11.4 Å². The van der Waals surface area contributed by atoms with Gasteiger partial charge in [0.15, 0.2) is 0 Å². The van der Waals surface area contributed by atoms with Crippen LogP contribution in [0.3, 0.4) is 0 Å². The van der Waals surface area contributed by atoms with E-state index < -0.39 is 0 Å². The molecule has 2 aromatic carbocycles. The van der Waals surface area contributed by atoms with Crippen molar-refractivity contribution in [2.75, 3.05) is 23.4 Å². The minimum absolute atomic E-state index is 0.0566. The smallest absolute Gasteiger partial charge is 0.244 e. The number of fused-ring (bicyclic) bond motifs is 2. The number of aryl methyl sites for hydroxylation is 1. The Labute approximate surface area is 154 Å². The number of hydrogen-bond donors (Lipinski definition) is 1. The molecule has 1 N–H and O–H groups in total. The minimum Gasteiger partial charge on any atom is -0.491 e. The predicted octanol–water partition coefficient (Wildman–Crippen LogP) is 3.36. The Balaban J connectivity index is 1.54. The molecule has 0 fully saturated rings. The summed E-state index contributed by atoms with van der Waals surface area (Å²) in [6.07, 6.45) is 0.244. The van der Waals surface area contributed by atoms with Crippen LogP contribution in [0, 0.1) is 6.92 Å². The van der Waals surface area contributed by atoms with Gasteiger partial charge in [0.25, 0.3) is 0 Å². The van der Waals surface area contributed by atoms with Crippen molar-refractivity contribution < 1.29 is 14.3 Å². The van der Waals surface area contributed by atoms with Gasteiger partial charge in [-0.2, -0.15) is 0 Å². The van der Waals surface area contributed by atoms with Gasteiger partial charge in [0.2, 0.25) is 11.8 Å². The fraction of sp³-hybridized carbons (Fsp3) is 0.211. The second-order valence-corrected chi connectivity index (χ2v) is 7.24. The summed E-state index contributed by atoms with van der Waals surface area (Å²) in [4.78, 5) is 30.8. The second kappa shape index (κ2) is 6.76. The zero-order valence-electron chi connectivity index (χ0n) is 14.2. The molecule has 2 heterocycles. The molecule has 0 saturated carbocycles. The van der Waals surface area contributed by atoms with E-state index in [1.165, 1.54) is 4.90 Å². The fourth-order valence-corrected chi connectivity index (χ4v) is 3.82. The third-order valence-corrected chi connectivity index (χ3v) is 5.05. The highest BCUT2D eigenvalue weighted by Crippen LogP contribution is 2.31. The Morgan fingerprint density at radius 2 is 2.15 bits per heavy atom. The van der Waals surface area contributed by atoms with Crippen LogP contribution in [0.1, 0.15) is 11.4 Å². The van der Waals surface area contributed by atoms with Crippen molar-refractivity contribution in [3.63, 3.8) is 0 Å². The summed E-state index contributed by atoms with van der Waals surface area (Å²) in [5.41, 5.74) is 2.23. The van der Waals surface area contributed by atoms with E-state index in [4.69, 9.17) is 4.74 Å². The van der Waals surface area contributed by atoms with Crippen LogP contribution in [-0.4, -0.2) is 29.9 Å². The first-order chi connectivity index (χ1) is 12.6. The lowest BCUT2D eigenvalue weighted by Crippen LogP contribution is -2.37. The van der Waals surface area contributed by atoms with E-state index in [0.717, 1.165) is 15.2 Å². The maximum Gasteiger partial charge on any atom is 0.244 e. The summed E-state index contributed by atoms with van der Waals surface area (Å²) in [6, 6.07) is 12.9. The van der Waals surface area contributed by atoms with Gasteiger partial charge in [-0.3, -0.25) is 14.5 Å². The van der Waals surface area contributed by atoms with Gasteiger partial charge in [-0.15, -0.1) is 11.3 Å². The average molecular weight is 367 g/mol. The zero-order chi connectivity index (χ0) is 18.1. The molecule has 0 saturated heterocycles. The molecule has 26 heavy (non-hydrogen) atoms. The van der Waals surface area contributed by atoms with Gasteiger partial charge in [-0.05, 0) is 37.3 Å². The molecule has 1 aliphatic rings. The fourth-order valence-electron chi connectivity index (χ4n) is 2.95. The van der Waals surface area contributed by atoms with Gasteiger partial charge >= 0.3 is 0 Å². The van der Waals surface area contributed by atoms with E-state index in [1.807, 2.05) is 37.3 Å². The minimum atomic E-state index is -0.254. The molecular formula is C19H17N3O3S. The molecule has 0 bridgehead atoms. The number of benzene rings is 2. The quantitative estimate of drug-likeness (QED) is 0.770. The molecule has 1 aliphatic heterocycles. The number of carbonyl (C=O) groups is 2. The molecule has 0 aliphatic carbocycles. The molecule has 0 atom stereocenters. The van der Waals surface area contributed by atoms with Crippen molar-refractivity contribution in [1.29, 1.82) is 0 Å². The standard InChI is InChI=1S/C19H17N3O3S/c1-12-20-14-7-6-13(10-17(14)26-12)21-18(23)11-22-15-4-2-3-5-16(15)25-9-8-19(22)24/h2-7,10H,8-9,11H2,1H3,(H,21,23). The van der Waals surface area contributed by atoms with Gasteiger partial charge in [0, 0.05) is 5.69 Å². The van der Waals surface area contributed by atoms with Gasteiger partial charge in [-0.1, -0.05) is 12.1 Å². The topological polar surface area (TPSA) is 71.5 Å². The highest BCUT2D eigenvalue weighted by Gasteiger charge is 2.25. The van der Waals surface area contributed by atoms with Crippen LogP contribution < -0.4 is 15.0 Å².